The highest BCUT2D eigenvalue weighted by atomic mass is 15.2. The van der Waals surface area contributed by atoms with Gasteiger partial charge in [-0.05, 0) is 35.6 Å². The van der Waals surface area contributed by atoms with E-state index in [1.807, 2.05) is 18.3 Å². The number of aromatic nitrogens is 2. The zero-order valence-corrected chi connectivity index (χ0v) is 14.4. The van der Waals surface area contributed by atoms with Crippen LogP contribution in [-0.2, 0) is 19.5 Å². The predicted molar refractivity (Wildman–Crippen MR) is 98.0 cm³/mol. The summed E-state index contributed by atoms with van der Waals surface area (Å²) in [4.78, 5) is 7.36. The number of hydrogen-bond acceptors (Lipinski definition) is 3. The van der Waals surface area contributed by atoms with Gasteiger partial charge in [-0.25, -0.2) is 4.98 Å². The van der Waals surface area contributed by atoms with Gasteiger partial charge in [-0.15, -0.1) is 0 Å². The predicted octanol–water partition coefficient (Wildman–Crippen LogP) is 3.60. The fourth-order valence-electron chi connectivity index (χ4n) is 3.65. The highest BCUT2D eigenvalue weighted by molar-refractivity contribution is 5.50. The topological polar surface area (TPSA) is 46.6 Å². The lowest BCUT2D eigenvalue weighted by molar-refractivity contribution is 0.241. The second kappa shape index (κ2) is 5.95. The number of nitrogens with zero attached hydrogens (tertiary/aromatic N) is 3. The van der Waals surface area contributed by atoms with Gasteiger partial charge in [0, 0.05) is 31.5 Å². The highest BCUT2D eigenvalue weighted by Crippen LogP contribution is 2.26. The first-order valence-corrected chi connectivity index (χ1v) is 8.67. The number of nitrogens with two attached hydrogens (primary N) is 1. The molecule has 1 aliphatic heterocycles. The van der Waals surface area contributed by atoms with Crippen molar-refractivity contribution in [2.75, 3.05) is 12.3 Å². The van der Waals surface area contributed by atoms with Gasteiger partial charge in [0.15, 0.2) is 0 Å². The molecular weight excluding hydrogens is 296 g/mol. The van der Waals surface area contributed by atoms with Gasteiger partial charge in [0.25, 0.3) is 0 Å². The summed E-state index contributed by atoms with van der Waals surface area (Å²) in [7, 11) is 0. The van der Waals surface area contributed by atoms with E-state index in [1.54, 1.807) is 0 Å². The zero-order valence-electron chi connectivity index (χ0n) is 14.4. The molecule has 0 fully saturated rings. The maximum absolute atomic E-state index is 6.01. The number of nitrogen functional groups attached to an aromatic ring is 1. The molecule has 2 N–H and O–H groups in total. The van der Waals surface area contributed by atoms with Gasteiger partial charge in [0.2, 0.25) is 0 Å². The molecule has 0 bridgehead atoms. The van der Waals surface area contributed by atoms with Crippen LogP contribution in [0.25, 0.3) is 5.65 Å². The smallest absolute Gasteiger partial charge is 0.137 e. The van der Waals surface area contributed by atoms with Gasteiger partial charge in [-0.3, -0.25) is 4.90 Å². The van der Waals surface area contributed by atoms with Crippen molar-refractivity contribution in [2.24, 2.45) is 0 Å². The van der Waals surface area contributed by atoms with Crippen molar-refractivity contribution >= 4 is 11.3 Å². The number of fused-ring (bicyclic) bond motifs is 2. The fraction of sp³-hybridized carbons (Fsp3) is 0.350. The Morgan fingerprint density at radius 2 is 1.92 bits per heavy atom. The highest BCUT2D eigenvalue weighted by Gasteiger charge is 2.21. The maximum atomic E-state index is 6.01. The molecule has 0 aliphatic carbocycles. The first-order chi connectivity index (χ1) is 11.6. The van der Waals surface area contributed by atoms with Crippen LogP contribution in [0.1, 0.15) is 42.3 Å². The van der Waals surface area contributed by atoms with Gasteiger partial charge in [0.05, 0.1) is 11.4 Å². The van der Waals surface area contributed by atoms with Gasteiger partial charge >= 0.3 is 0 Å². The third kappa shape index (κ3) is 2.67. The molecule has 1 aliphatic rings. The molecule has 0 saturated carbocycles. The first-order valence-electron chi connectivity index (χ1n) is 8.67. The third-order valence-electron chi connectivity index (χ3n) is 4.90. The van der Waals surface area contributed by atoms with E-state index >= 15 is 0 Å². The molecule has 2 aromatic heterocycles. The van der Waals surface area contributed by atoms with Crippen molar-refractivity contribution in [2.45, 2.75) is 39.3 Å². The molecule has 3 heterocycles. The van der Waals surface area contributed by atoms with Crippen molar-refractivity contribution in [3.05, 3.63) is 65.1 Å². The Kier molecular flexibility index (Phi) is 3.77. The van der Waals surface area contributed by atoms with Crippen LogP contribution in [0.2, 0.25) is 0 Å². The summed E-state index contributed by atoms with van der Waals surface area (Å²) in [5, 5.41) is 0. The van der Waals surface area contributed by atoms with E-state index in [4.69, 9.17) is 10.7 Å². The van der Waals surface area contributed by atoms with Crippen molar-refractivity contribution in [3.8, 4) is 0 Å². The summed E-state index contributed by atoms with van der Waals surface area (Å²) in [6, 6.07) is 12.7. The standard InChI is InChI=1S/C20H24N4/c1-14(2)20-18(24-12-17(21)7-8-19(24)22-20)13-23-10-9-15-5-3-4-6-16(15)11-23/h3-8,12,14H,9-11,13,21H2,1-2H3. The Bertz CT molecular complexity index is 878. The number of imidazole rings is 1. The van der Waals surface area contributed by atoms with Crippen LogP contribution in [0, 0.1) is 0 Å². The van der Waals surface area contributed by atoms with E-state index in [9.17, 15) is 0 Å². The summed E-state index contributed by atoms with van der Waals surface area (Å²) < 4.78 is 2.17. The second-order valence-electron chi connectivity index (χ2n) is 7.02. The summed E-state index contributed by atoms with van der Waals surface area (Å²) in [5.41, 5.74) is 13.2. The summed E-state index contributed by atoms with van der Waals surface area (Å²) in [6.45, 7) is 7.42. The molecule has 0 saturated heterocycles. The number of anilines is 1. The van der Waals surface area contributed by atoms with Gasteiger partial charge in [0.1, 0.15) is 5.65 Å². The Balaban J connectivity index is 1.69. The van der Waals surface area contributed by atoms with Crippen molar-refractivity contribution in [3.63, 3.8) is 0 Å². The van der Waals surface area contributed by atoms with E-state index in [-0.39, 0.29) is 0 Å². The first kappa shape index (κ1) is 15.2. The van der Waals surface area contributed by atoms with Crippen LogP contribution >= 0.6 is 0 Å². The van der Waals surface area contributed by atoms with E-state index in [1.165, 1.54) is 22.5 Å². The lowest BCUT2D eigenvalue weighted by Crippen LogP contribution is -2.30. The molecule has 4 nitrogen and oxygen atoms in total. The van der Waals surface area contributed by atoms with Crippen molar-refractivity contribution < 1.29 is 0 Å². The van der Waals surface area contributed by atoms with Crippen LogP contribution in [0.15, 0.2) is 42.6 Å². The SMILES string of the molecule is CC(C)c1nc2ccc(N)cn2c1CN1CCc2ccccc2C1. The molecule has 124 valence electrons. The number of pyridine rings is 1. The van der Waals surface area contributed by atoms with Crippen LogP contribution in [0.3, 0.4) is 0 Å². The van der Waals surface area contributed by atoms with Crippen LogP contribution < -0.4 is 5.73 Å². The summed E-state index contributed by atoms with van der Waals surface area (Å²) >= 11 is 0. The fourth-order valence-corrected chi connectivity index (χ4v) is 3.65. The van der Waals surface area contributed by atoms with Gasteiger partial charge in [-0.2, -0.15) is 0 Å². The van der Waals surface area contributed by atoms with E-state index in [2.05, 4.69) is 47.4 Å². The molecule has 0 amide bonds. The summed E-state index contributed by atoms with van der Waals surface area (Å²) in [6.07, 6.45) is 3.12. The molecule has 24 heavy (non-hydrogen) atoms. The lowest BCUT2D eigenvalue weighted by Gasteiger charge is -2.29. The minimum Gasteiger partial charge on any atom is -0.398 e. The lowest BCUT2D eigenvalue weighted by atomic mass is 9.99. The van der Waals surface area contributed by atoms with Crippen LogP contribution in [0.5, 0.6) is 0 Å². The van der Waals surface area contributed by atoms with Crippen LogP contribution in [-0.4, -0.2) is 20.8 Å². The second-order valence-corrected chi connectivity index (χ2v) is 7.02. The number of rotatable bonds is 3. The minimum atomic E-state index is 0.401. The third-order valence-corrected chi connectivity index (χ3v) is 4.90. The van der Waals surface area contributed by atoms with E-state index in [0.717, 1.165) is 37.4 Å². The molecule has 0 unspecified atom stereocenters. The van der Waals surface area contributed by atoms with Gasteiger partial charge < -0.3 is 10.1 Å². The van der Waals surface area contributed by atoms with Crippen LogP contribution in [0.4, 0.5) is 5.69 Å². The number of hydrogen-bond donors (Lipinski definition) is 1. The summed E-state index contributed by atoms with van der Waals surface area (Å²) in [5.74, 6) is 0.401. The normalized spacial score (nSPS) is 15.1. The van der Waals surface area contributed by atoms with Crippen molar-refractivity contribution in [1.29, 1.82) is 0 Å². The van der Waals surface area contributed by atoms with Gasteiger partial charge in [-0.1, -0.05) is 38.1 Å². The zero-order chi connectivity index (χ0) is 16.7. The van der Waals surface area contributed by atoms with E-state index in [0.29, 0.717) is 5.92 Å². The Hall–Kier alpha value is -2.33. The Labute approximate surface area is 142 Å². The largest absolute Gasteiger partial charge is 0.398 e. The molecule has 0 atom stereocenters. The molecule has 0 radical (unpaired) electrons. The quantitative estimate of drug-likeness (QED) is 0.802. The maximum Gasteiger partial charge on any atom is 0.137 e. The Morgan fingerprint density at radius 1 is 1.12 bits per heavy atom. The molecule has 0 spiro atoms. The average Bonchev–Trinajstić information content (AvgIpc) is 2.93. The average molecular weight is 320 g/mol. The molecule has 4 heteroatoms. The van der Waals surface area contributed by atoms with Crippen molar-refractivity contribution in [1.82, 2.24) is 14.3 Å². The monoisotopic (exact) mass is 320 g/mol. The molecule has 3 aromatic rings. The molecule has 1 aromatic carbocycles. The number of benzene rings is 1. The van der Waals surface area contributed by atoms with E-state index < -0.39 is 0 Å². The Morgan fingerprint density at radius 3 is 2.71 bits per heavy atom. The minimum absolute atomic E-state index is 0.401. The molecular formula is C20H24N4. The molecule has 4 rings (SSSR count).